The predicted octanol–water partition coefficient (Wildman–Crippen LogP) is 1.38. The highest BCUT2D eigenvalue weighted by Crippen LogP contribution is 1.96. The van der Waals surface area contributed by atoms with Gasteiger partial charge in [-0.2, -0.15) is 0 Å². The lowest BCUT2D eigenvalue weighted by Gasteiger charge is -1.88. The molecule has 9 heavy (non-hydrogen) atoms. The van der Waals surface area contributed by atoms with Crippen LogP contribution in [0.15, 0.2) is 30.3 Å². The lowest BCUT2D eigenvalue weighted by atomic mass is 10.3. The maximum Gasteiger partial charge on any atom is 0.335 e. The van der Waals surface area contributed by atoms with Gasteiger partial charge in [0.05, 0.1) is 5.56 Å². The third-order valence-corrected chi connectivity index (χ3v) is 1.02. The molecule has 0 atom stereocenters. The second-order valence-electron chi connectivity index (χ2n) is 1.67. The molecule has 0 amide bonds. The van der Waals surface area contributed by atoms with Crippen LogP contribution in [0.3, 0.4) is 0 Å². The molecule has 1 N–H and O–H groups in total. The van der Waals surface area contributed by atoms with Crippen LogP contribution in [0.25, 0.3) is 0 Å². The van der Waals surface area contributed by atoms with Gasteiger partial charge in [-0.15, -0.1) is 0 Å². The van der Waals surface area contributed by atoms with Gasteiger partial charge in [0.1, 0.15) is 0 Å². The van der Waals surface area contributed by atoms with Crippen LogP contribution in [-0.2, 0) is 0 Å². The number of aromatic carboxylic acids is 1. The Morgan fingerprint density at radius 1 is 1.22 bits per heavy atom. The van der Waals surface area contributed by atoms with Gasteiger partial charge in [-0.1, -0.05) is 18.2 Å². The predicted molar refractivity (Wildman–Crippen MR) is 33.4 cm³/mol. The van der Waals surface area contributed by atoms with E-state index in [9.17, 15) is 4.79 Å². The van der Waals surface area contributed by atoms with E-state index in [0.717, 1.165) is 0 Å². The first-order chi connectivity index (χ1) is 4.30. The minimum Gasteiger partial charge on any atom is -0.478 e. The largest absolute Gasteiger partial charge is 0.478 e. The summed E-state index contributed by atoms with van der Waals surface area (Å²) in [5, 5.41) is 8.38. The minimum atomic E-state index is -0.879. The monoisotopic (exact) mass is 125 g/mol. The van der Waals surface area contributed by atoms with Crippen molar-refractivity contribution >= 4 is 5.97 Å². The van der Waals surface area contributed by atoms with Crippen molar-refractivity contribution in [2.24, 2.45) is 0 Å². The smallest absolute Gasteiger partial charge is 0.335 e. The topological polar surface area (TPSA) is 37.3 Å². The summed E-state index contributed by atoms with van der Waals surface area (Å²) in [4.78, 5) is 10.2. The lowest BCUT2D eigenvalue weighted by molar-refractivity contribution is 0.0697. The average molecular weight is 125 g/mol. The molecule has 0 radical (unpaired) electrons. The van der Waals surface area contributed by atoms with Crippen molar-refractivity contribution in [3.8, 4) is 0 Å². The molecule has 0 fully saturated rings. The Bertz CT molecular complexity index is 203. The summed E-state index contributed by atoms with van der Waals surface area (Å²) in [6.07, 6.45) is 0. The van der Waals surface area contributed by atoms with Gasteiger partial charge in [0.25, 0.3) is 0 Å². The third kappa shape index (κ3) is 1.29. The summed E-state index contributed by atoms with van der Waals surface area (Å²) in [7, 11) is 0. The molecule has 1 aromatic carbocycles. The van der Waals surface area contributed by atoms with Crippen molar-refractivity contribution in [1.82, 2.24) is 0 Å². The number of hydrogen-bond acceptors (Lipinski definition) is 1. The first kappa shape index (κ1) is 5.82. The van der Waals surface area contributed by atoms with Gasteiger partial charge in [-0.05, 0) is 12.1 Å². The van der Waals surface area contributed by atoms with Gasteiger partial charge in [0.2, 0.25) is 0 Å². The molecule has 0 heterocycles. The fourth-order valence-electron chi connectivity index (χ4n) is 0.581. The SMILES string of the molecule is O=[13C]([18OH])c1ccccc1. The van der Waals surface area contributed by atoms with E-state index in [1.54, 1.807) is 30.3 Å². The van der Waals surface area contributed by atoms with Gasteiger partial charge in [0.15, 0.2) is 0 Å². The van der Waals surface area contributed by atoms with Gasteiger partial charge in [-0.25, -0.2) is 4.79 Å². The number of carboxylic acid groups (broad SMARTS) is 1. The molecule has 2 heteroatoms. The van der Waals surface area contributed by atoms with Crippen molar-refractivity contribution in [3.05, 3.63) is 35.9 Å². The zero-order chi connectivity index (χ0) is 6.69. The Balaban J connectivity index is 2.98. The van der Waals surface area contributed by atoms with E-state index in [0.29, 0.717) is 5.56 Å². The molecular weight excluding hydrogens is 119 g/mol. The van der Waals surface area contributed by atoms with Gasteiger partial charge >= 0.3 is 5.97 Å². The molecule has 0 aliphatic rings. The highest BCUT2D eigenvalue weighted by atomic mass is 18.2. The van der Waals surface area contributed by atoms with Crippen LogP contribution >= 0.6 is 0 Å². The van der Waals surface area contributed by atoms with Gasteiger partial charge in [0, 0.05) is 0 Å². The molecule has 46 valence electrons. The molecule has 0 aliphatic carbocycles. The van der Waals surface area contributed by atoms with Crippen molar-refractivity contribution < 1.29 is 9.90 Å². The Labute approximate surface area is 52.8 Å². The highest BCUT2D eigenvalue weighted by molar-refractivity contribution is 5.87. The molecule has 1 rings (SSSR count). The van der Waals surface area contributed by atoms with Crippen LogP contribution in [0.4, 0.5) is 0 Å². The van der Waals surface area contributed by atoms with Crippen LogP contribution in [0.1, 0.15) is 10.4 Å². The lowest BCUT2D eigenvalue weighted by Crippen LogP contribution is -1.93. The number of hydrogen-bond donors (Lipinski definition) is 1. The molecule has 0 aliphatic heterocycles. The van der Waals surface area contributed by atoms with E-state index >= 15 is 0 Å². The Morgan fingerprint density at radius 2 is 1.78 bits per heavy atom. The Morgan fingerprint density at radius 3 is 2.11 bits per heavy atom. The maximum absolute atomic E-state index is 10.2. The van der Waals surface area contributed by atoms with E-state index in [4.69, 9.17) is 5.11 Å². The van der Waals surface area contributed by atoms with Crippen LogP contribution in [0, 0.1) is 0 Å². The van der Waals surface area contributed by atoms with Crippen LogP contribution < -0.4 is 0 Å². The van der Waals surface area contributed by atoms with Crippen molar-refractivity contribution in [1.29, 1.82) is 0 Å². The molecule has 1 aromatic rings. The second kappa shape index (κ2) is 2.31. The normalized spacial score (nSPS) is 8.89. The molecule has 0 saturated heterocycles. The standard InChI is InChI=1S/C7H6O2/c8-7(9)6-4-2-1-3-5-6/h1-5H,(H,8,9)/i7+1,8+2. The fourth-order valence-corrected chi connectivity index (χ4v) is 0.581. The quantitative estimate of drug-likeness (QED) is 0.454. The highest BCUT2D eigenvalue weighted by Gasteiger charge is 1.96. The molecule has 0 saturated carbocycles. The van der Waals surface area contributed by atoms with Crippen LogP contribution in [-0.4, -0.2) is 11.1 Å². The van der Waals surface area contributed by atoms with Crippen molar-refractivity contribution in [3.63, 3.8) is 0 Å². The van der Waals surface area contributed by atoms with E-state index in [-0.39, 0.29) is 0 Å². The third-order valence-electron chi connectivity index (χ3n) is 1.02. The van der Waals surface area contributed by atoms with E-state index in [1.807, 2.05) is 0 Å². The zero-order valence-electron chi connectivity index (χ0n) is 4.74. The number of benzene rings is 1. The molecule has 2 nitrogen and oxygen atoms in total. The fraction of sp³-hybridized carbons (Fsp3) is 0. The first-order valence-electron chi connectivity index (χ1n) is 2.59. The molecule has 0 bridgehead atoms. The molecule has 0 aromatic heterocycles. The van der Waals surface area contributed by atoms with E-state index in [2.05, 4.69) is 0 Å². The summed E-state index contributed by atoms with van der Waals surface area (Å²) in [5.41, 5.74) is 0.331. The molecular formula is C7H6O2. The minimum absolute atomic E-state index is 0.331. The maximum atomic E-state index is 10.2. The Kier molecular flexibility index (Phi) is 1.49. The zero-order valence-corrected chi connectivity index (χ0v) is 4.74. The van der Waals surface area contributed by atoms with E-state index in [1.165, 1.54) is 0 Å². The summed E-state index contributed by atoms with van der Waals surface area (Å²) in [6.45, 7) is 0. The van der Waals surface area contributed by atoms with Crippen molar-refractivity contribution in [2.45, 2.75) is 0 Å². The average Bonchev–Trinajstić information content (AvgIpc) is 1.90. The number of carbonyl (C=O) groups is 1. The summed E-state index contributed by atoms with van der Waals surface area (Å²) in [5.74, 6) is -0.879. The van der Waals surface area contributed by atoms with Crippen molar-refractivity contribution in [2.75, 3.05) is 0 Å². The number of carboxylic acids is 1. The summed E-state index contributed by atoms with van der Waals surface area (Å²) in [6, 6.07) is 8.30. The van der Waals surface area contributed by atoms with Gasteiger partial charge in [-0.3, -0.25) is 0 Å². The molecule has 0 spiro atoms. The first-order valence-corrected chi connectivity index (χ1v) is 2.59. The Hall–Kier alpha value is -1.31. The second-order valence-corrected chi connectivity index (χ2v) is 1.67. The molecule has 0 unspecified atom stereocenters. The number of rotatable bonds is 1. The summed E-state index contributed by atoms with van der Waals surface area (Å²) < 4.78 is 0. The van der Waals surface area contributed by atoms with Gasteiger partial charge < -0.3 is 5.11 Å². The summed E-state index contributed by atoms with van der Waals surface area (Å²) >= 11 is 0. The van der Waals surface area contributed by atoms with Crippen LogP contribution in [0.2, 0.25) is 0 Å². The van der Waals surface area contributed by atoms with E-state index < -0.39 is 5.97 Å². The van der Waals surface area contributed by atoms with Crippen LogP contribution in [0.5, 0.6) is 0 Å².